The van der Waals surface area contributed by atoms with Crippen molar-refractivity contribution in [3.05, 3.63) is 12.2 Å². The molecule has 0 aromatic heterocycles. The number of carbonyl (C=O) groups excluding carboxylic acids is 1. The van der Waals surface area contributed by atoms with Gasteiger partial charge in [0.1, 0.15) is 0 Å². The van der Waals surface area contributed by atoms with Gasteiger partial charge in [0.15, 0.2) is 0 Å². The Hall–Kier alpha value is -0.830. The fraction of sp³-hybridized carbons (Fsp3) is 0.786. The van der Waals surface area contributed by atoms with Gasteiger partial charge in [-0.3, -0.25) is 4.79 Å². The molecule has 0 bridgehead atoms. The molecule has 0 radical (unpaired) electrons. The molecule has 0 heterocycles. The number of hydrogen-bond donors (Lipinski definition) is 1. The second-order valence-electron chi connectivity index (χ2n) is 5.73. The summed E-state index contributed by atoms with van der Waals surface area (Å²) in [7, 11) is 0. The molecular formula is C14H25NO2. The van der Waals surface area contributed by atoms with Crippen LogP contribution in [-0.4, -0.2) is 25.7 Å². The zero-order valence-electron chi connectivity index (χ0n) is 11.3. The molecule has 1 unspecified atom stereocenters. The molecule has 1 amide bonds. The summed E-state index contributed by atoms with van der Waals surface area (Å²) < 4.78 is 5.35. The van der Waals surface area contributed by atoms with E-state index < -0.39 is 0 Å². The minimum atomic E-state index is 0.155. The van der Waals surface area contributed by atoms with E-state index in [1.54, 1.807) is 0 Å². The first kappa shape index (κ1) is 14.2. The van der Waals surface area contributed by atoms with Crippen LogP contribution in [-0.2, 0) is 9.53 Å². The lowest BCUT2D eigenvalue weighted by atomic mass is 9.81. The fourth-order valence-electron chi connectivity index (χ4n) is 2.43. The summed E-state index contributed by atoms with van der Waals surface area (Å²) in [4.78, 5) is 12.0. The maximum absolute atomic E-state index is 12.0. The molecule has 1 atom stereocenters. The second kappa shape index (κ2) is 6.20. The van der Waals surface area contributed by atoms with Crippen LogP contribution in [0.1, 0.15) is 40.0 Å². The van der Waals surface area contributed by atoms with Crippen LogP contribution in [0.5, 0.6) is 0 Å². The van der Waals surface area contributed by atoms with E-state index in [0.717, 1.165) is 24.8 Å². The third-order valence-corrected chi connectivity index (χ3v) is 3.47. The lowest BCUT2D eigenvalue weighted by Crippen LogP contribution is -2.37. The van der Waals surface area contributed by atoms with Crippen LogP contribution in [0.4, 0.5) is 0 Å². The molecule has 1 saturated carbocycles. The Morgan fingerprint density at radius 3 is 2.76 bits per heavy atom. The number of carbonyl (C=O) groups is 1. The van der Waals surface area contributed by atoms with Crippen molar-refractivity contribution in [2.45, 2.75) is 40.0 Å². The van der Waals surface area contributed by atoms with Gasteiger partial charge >= 0.3 is 0 Å². The van der Waals surface area contributed by atoms with Gasteiger partial charge in [-0.05, 0) is 25.2 Å². The summed E-state index contributed by atoms with van der Waals surface area (Å²) >= 11 is 0. The van der Waals surface area contributed by atoms with E-state index in [-0.39, 0.29) is 17.2 Å². The highest BCUT2D eigenvalue weighted by Crippen LogP contribution is 2.42. The largest absolute Gasteiger partial charge is 0.375 e. The summed E-state index contributed by atoms with van der Waals surface area (Å²) in [6.45, 7) is 11.8. The Labute approximate surface area is 105 Å². The minimum absolute atomic E-state index is 0.155. The van der Waals surface area contributed by atoms with Crippen LogP contribution in [0.25, 0.3) is 0 Å². The molecule has 17 heavy (non-hydrogen) atoms. The molecule has 1 aliphatic carbocycles. The Bertz CT molecular complexity index is 284. The van der Waals surface area contributed by atoms with E-state index in [1.807, 2.05) is 6.92 Å². The normalized spacial score (nSPS) is 22.4. The van der Waals surface area contributed by atoms with Crippen molar-refractivity contribution in [1.29, 1.82) is 0 Å². The monoisotopic (exact) mass is 239 g/mol. The number of ether oxygens (including phenoxy) is 1. The molecule has 98 valence electrons. The highest BCUT2D eigenvalue weighted by atomic mass is 16.5. The molecule has 0 aliphatic heterocycles. The van der Waals surface area contributed by atoms with Crippen LogP contribution in [0, 0.1) is 11.3 Å². The van der Waals surface area contributed by atoms with Gasteiger partial charge in [-0.2, -0.15) is 0 Å². The first-order chi connectivity index (χ1) is 7.93. The molecule has 0 saturated heterocycles. The van der Waals surface area contributed by atoms with Gasteiger partial charge in [0, 0.05) is 12.5 Å². The molecule has 3 nitrogen and oxygen atoms in total. The van der Waals surface area contributed by atoms with Gasteiger partial charge < -0.3 is 10.1 Å². The summed E-state index contributed by atoms with van der Waals surface area (Å²) in [6.07, 6.45) is 3.33. The van der Waals surface area contributed by atoms with Gasteiger partial charge in [0.25, 0.3) is 0 Å². The van der Waals surface area contributed by atoms with E-state index >= 15 is 0 Å². The minimum Gasteiger partial charge on any atom is -0.375 e. The third kappa shape index (κ3) is 4.50. The van der Waals surface area contributed by atoms with Gasteiger partial charge in [-0.25, -0.2) is 0 Å². The van der Waals surface area contributed by atoms with Gasteiger partial charge in [-0.1, -0.05) is 32.4 Å². The Morgan fingerprint density at radius 2 is 2.24 bits per heavy atom. The Kier molecular flexibility index (Phi) is 5.19. The van der Waals surface area contributed by atoms with Crippen molar-refractivity contribution in [3.8, 4) is 0 Å². The molecule has 1 fully saturated rings. The van der Waals surface area contributed by atoms with Crippen molar-refractivity contribution in [2.24, 2.45) is 11.3 Å². The molecule has 1 aliphatic rings. The quantitative estimate of drug-likeness (QED) is 0.571. The van der Waals surface area contributed by atoms with E-state index in [1.165, 1.54) is 0 Å². The SMILES string of the molecule is C=C(C)COCCNC(=O)C1CCCC1(C)C. The molecule has 1 rings (SSSR count). The molecular weight excluding hydrogens is 214 g/mol. The Balaban J connectivity index is 2.19. The number of hydrogen-bond acceptors (Lipinski definition) is 2. The summed E-state index contributed by atoms with van der Waals surface area (Å²) in [6, 6.07) is 0. The lowest BCUT2D eigenvalue weighted by molar-refractivity contribution is -0.127. The maximum atomic E-state index is 12.0. The predicted molar refractivity (Wildman–Crippen MR) is 69.8 cm³/mol. The zero-order chi connectivity index (χ0) is 12.9. The van der Waals surface area contributed by atoms with Crippen LogP contribution >= 0.6 is 0 Å². The maximum Gasteiger partial charge on any atom is 0.223 e. The standard InChI is InChI=1S/C14H25NO2/c1-11(2)10-17-9-8-15-13(16)12-6-5-7-14(12,3)4/h12H,1,5-10H2,2-4H3,(H,15,16). The molecule has 0 aromatic rings. The molecule has 3 heteroatoms. The van der Waals surface area contributed by atoms with Gasteiger partial charge in [-0.15, -0.1) is 0 Å². The lowest BCUT2D eigenvalue weighted by Gasteiger charge is -2.25. The van der Waals surface area contributed by atoms with Crippen molar-refractivity contribution in [2.75, 3.05) is 19.8 Å². The van der Waals surface area contributed by atoms with E-state index in [2.05, 4.69) is 25.7 Å². The van der Waals surface area contributed by atoms with E-state index in [4.69, 9.17) is 4.74 Å². The van der Waals surface area contributed by atoms with Gasteiger partial charge in [0.05, 0.1) is 13.2 Å². The molecule has 0 aromatic carbocycles. The Morgan fingerprint density at radius 1 is 1.53 bits per heavy atom. The summed E-state index contributed by atoms with van der Waals surface area (Å²) in [5.41, 5.74) is 1.16. The van der Waals surface area contributed by atoms with Crippen LogP contribution < -0.4 is 5.32 Å². The van der Waals surface area contributed by atoms with Crippen LogP contribution in [0.2, 0.25) is 0 Å². The molecule has 0 spiro atoms. The highest BCUT2D eigenvalue weighted by Gasteiger charge is 2.38. The highest BCUT2D eigenvalue weighted by molar-refractivity contribution is 5.79. The van der Waals surface area contributed by atoms with E-state index in [9.17, 15) is 4.79 Å². The van der Waals surface area contributed by atoms with Crippen molar-refractivity contribution in [1.82, 2.24) is 5.32 Å². The predicted octanol–water partition coefficient (Wildman–Crippen LogP) is 2.52. The third-order valence-electron chi connectivity index (χ3n) is 3.47. The topological polar surface area (TPSA) is 38.3 Å². The fourth-order valence-corrected chi connectivity index (χ4v) is 2.43. The van der Waals surface area contributed by atoms with Crippen molar-refractivity contribution >= 4 is 5.91 Å². The van der Waals surface area contributed by atoms with Crippen LogP contribution in [0.3, 0.4) is 0 Å². The van der Waals surface area contributed by atoms with Crippen LogP contribution in [0.15, 0.2) is 12.2 Å². The summed E-state index contributed by atoms with van der Waals surface area (Å²) in [5.74, 6) is 0.357. The number of amides is 1. The van der Waals surface area contributed by atoms with Crippen molar-refractivity contribution in [3.63, 3.8) is 0 Å². The number of nitrogens with one attached hydrogen (secondary N) is 1. The average Bonchev–Trinajstić information content (AvgIpc) is 2.57. The smallest absolute Gasteiger partial charge is 0.223 e. The average molecular weight is 239 g/mol. The molecule has 1 N–H and O–H groups in total. The zero-order valence-corrected chi connectivity index (χ0v) is 11.3. The number of rotatable bonds is 6. The first-order valence-electron chi connectivity index (χ1n) is 6.43. The van der Waals surface area contributed by atoms with E-state index in [0.29, 0.717) is 19.8 Å². The van der Waals surface area contributed by atoms with Crippen molar-refractivity contribution < 1.29 is 9.53 Å². The second-order valence-corrected chi connectivity index (χ2v) is 5.73. The first-order valence-corrected chi connectivity index (χ1v) is 6.43. The van der Waals surface area contributed by atoms with Gasteiger partial charge in [0.2, 0.25) is 5.91 Å². The summed E-state index contributed by atoms with van der Waals surface area (Å²) in [5, 5.41) is 2.96.